The molecule has 2 saturated heterocycles. The van der Waals surface area contributed by atoms with Gasteiger partial charge in [0, 0.05) is 59.8 Å². The molecule has 0 radical (unpaired) electrons. The zero-order valence-corrected chi connectivity index (χ0v) is 23.3. The number of morpholine rings is 2. The van der Waals surface area contributed by atoms with Gasteiger partial charge in [0.05, 0.1) is 32.1 Å². The number of rotatable bonds is 6. The summed E-state index contributed by atoms with van der Waals surface area (Å²) >= 11 is 6.42. The predicted octanol–water partition coefficient (Wildman–Crippen LogP) is 5.78. The number of hydrogen-bond acceptors (Lipinski definition) is 7. The summed E-state index contributed by atoms with van der Waals surface area (Å²) in [5.74, 6) is 1.59. The van der Waals surface area contributed by atoms with E-state index in [1.807, 2.05) is 66.7 Å². The largest absolute Gasteiger partial charge is 0.378 e. The molecule has 2 fully saturated rings. The Morgan fingerprint density at radius 3 is 2.05 bits per heavy atom. The third-order valence-electron chi connectivity index (χ3n) is 7.08. The Kier molecular flexibility index (Phi) is 8.27. The minimum Gasteiger partial charge on any atom is -0.378 e. The Labute approximate surface area is 244 Å². The quantitative estimate of drug-likeness (QED) is 0.303. The van der Waals surface area contributed by atoms with Crippen molar-refractivity contribution in [3.05, 3.63) is 83.9 Å². The van der Waals surface area contributed by atoms with Gasteiger partial charge in [-0.2, -0.15) is 4.98 Å². The van der Waals surface area contributed by atoms with E-state index in [-0.39, 0.29) is 6.03 Å². The monoisotopic (exact) mass is 570 g/mol. The van der Waals surface area contributed by atoms with Gasteiger partial charge in [-0.3, -0.25) is 0 Å². The van der Waals surface area contributed by atoms with Gasteiger partial charge in [-0.05, 0) is 35.9 Å². The first kappa shape index (κ1) is 27.0. The number of urea groups is 1. The lowest BCUT2D eigenvalue weighted by atomic mass is 10.1. The second-order valence-corrected chi connectivity index (χ2v) is 10.2. The molecule has 6 rings (SSSR count). The summed E-state index contributed by atoms with van der Waals surface area (Å²) in [6.45, 7) is 5.76. The second-order valence-electron chi connectivity index (χ2n) is 9.83. The molecule has 1 aromatic heterocycles. The van der Waals surface area contributed by atoms with Crippen LogP contribution in [0.5, 0.6) is 0 Å². The van der Waals surface area contributed by atoms with Gasteiger partial charge in [0.2, 0.25) is 5.95 Å². The van der Waals surface area contributed by atoms with Crippen LogP contribution in [-0.2, 0) is 9.47 Å². The van der Waals surface area contributed by atoms with Gasteiger partial charge in [-0.15, -0.1) is 0 Å². The van der Waals surface area contributed by atoms with Crippen molar-refractivity contribution < 1.29 is 14.3 Å². The molecule has 0 aliphatic carbocycles. The smallest absolute Gasteiger partial charge is 0.323 e. The van der Waals surface area contributed by atoms with Crippen LogP contribution >= 0.6 is 11.6 Å². The van der Waals surface area contributed by atoms with Crippen LogP contribution in [0, 0.1) is 0 Å². The number of nitrogens with one attached hydrogen (secondary N) is 2. The fourth-order valence-electron chi connectivity index (χ4n) is 4.89. The van der Waals surface area contributed by atoms with Crippen LogP contribution in [0.25, 0.3) is 22.4 Å². The molecule has 0 bridgehead atoms. The van der Waals surface area contributed by atoms with Gasteiger partial charge < -0.3 is 29.9 Å². The molecule has 210 valence electrons. The maximum absolute atomic E-state index is 12.8. The molecule has 0 unspecified atom stereocenters. The molecule has 2 amide bonds. The normalized spacial score (nSPS) is 15.4. The molecular formula is C31H31ClN6O3. The second kappa shape index (κ2) is 12.6. The van der Waals surface area contributed by atoms with E-state index in [0.717, 1.165) is 54.4 Å². The van der Waals surface area contributed by atoms with Crippen molar-refractivity contribution >= 4 is 40.8 Å². The lowest BCUT2D eigenvalue weighted by Gasteiger charge is -2.31. The van der Waals surface area contributed by atoms with Gasteiger partial charge in [0.25, 0.3) is 0 Å². The van der Waals surface area contributed by atoms with Crippen molar-refractivity contribution in [1.29, 1.82) is 0 Å². The molecule has 3 aromatic carbocycles. The minimum absolute atomic E-state index is 0.342. The summed E-state index contributed by atoms with van der Waals surface area (Å²) in [5.41, 5.74) is 4.91. The lowest BCUT2D eigenvalue weighted by molar-refractivity contribution is 0.121. The molecule has 0 spiro atoms. The number of carbonyl (C=O) groups excluding carboxylic acids is 1. The number of ether oxygens (including phenoxy) is 2. The van der Waals surface area contributed by atoms with Crippen molar-refractivity contribution in [2.24, 2.45) is 0 Å². The van der Waals surface area contributed by atoms with Crippen molar-refractivity contribution in [2.75, 3.05) is 73.0 Å². The van der Waals surface area contributed by atoms with Crippen LogP contribution < -0.4 is 20.4 Å². The minimum atomic E-state index is -0.342. The Hall–Kier alpha value is -4.18. The maximum atomic E-state index is 12.8. The SMILES string of the molecule is O=C(Nc1ccc(-c2cc(N3CCOCC3)nc(N3CCOCC3)n2)cc1)Nc1ccc(Cl)c(-c2ccccc2)c1. The van der Waals surface area contributed by atoms with Crippen LogP contribution in [0.4, 0.5) is 27.9 Å². The molecule has 4 aromatic rings. The Balaban J connectivity index is 1.17. The Morgan fingerprint density at radius 1 is 0.707 bits per heavy atom. The summed E-state index contributed by atoms with van der Waals surface area (Å²) < 4.78 is 11.1. The zero-order valence-electron chi connectivity index (χ0n) is 22.6. The van der Waals surface area contributed by atoms with Gasteiger partial charge >= 0.3 is 6.03 Å². The first-order valence-corrected chi connectivity index (χ1v) is 14.1. The van der Waals surface area contributed by atoms with Gasteiger partial charge in [0.1, 0.15) is 5.82 Å². The van der Waals surface area contributed by atoms with Crippen molar-refractivity contribution in [2.45, 2.75) is 0 Å². The first-order chi connectivity index (χ1) is 20.1. The topological polar surface area (TPSA) is 91.9 Å². The highest BCUT2D eigenvalue weighted by Crippen LogP contribution is 2.31. The molecule has 41 heavy (non-hydrogen) atoms. The molecule has 2 aliphatic rings. The number of benzene rings is 3. The van der Waals surface area contributed by atoms with Crippen LogP contribution in [0.1, 0.15) is 0 Å². The summed E-state index contributed by atoms with van der Waals surface area (Å²) in [4.78, 5) is 27.0. The first-order valence-electron chi connectivity index (χ1n) is 13.7. The van der Waals surface area contributed by atoms with E-state index in [9.17, 15) is 4.79 Å². The molecule has 2 N–H and O–H groups in total. The van der Waals surface area contributed by atoms with Gasteiger partial charge in [0.15, 0.2) is 0 Å². The number of anilines is 4. The van der Waals surface area contributed by atoms with E-state index in [2.05, 4.69) is 20.4 Å². The van der Waals surface area contributed by atoms with E-state index in [1.165, 1.54) is 0 Å². The zero-order chi connectivity index (χ0) is 28.0. The standard InChI is InChI=1S/C31H31ClN6O3/c32-27-11-10-25(20-26(27)22-4-2-1-3-5-22)34-31(39)33-24-8-6-23(7-9-24)28-21-29(37-12-16-40-17-13-37)36-30(35-28)38-14-18-41-19-15-38/h1-11,20-21H,12-19H2,(H2,33,34,39). The van der Waals surface area contributed by atoms with E-state index < -0.39 is 0 Å². The fraction of sp³-hybridized carbons (Fsp3) is 0.258. The highest BCUT2D eigenvalue weighted by atomic mass is 35.5. The van der Waals surface area contributed by atoms with Crippen molar-refractivity contribution in [3.8, 4) is 22.4 Å². The maximum Gasteiger partial charge on any atom is 0.323 e. The molecule has 2 aliphatic heterocycles. The van der Waals surface area contributed by atoms with Crippen LogP contribution in [-0.4, -0.2) is 68.6 Å². The molecule has 9 nitrogen and oxygen atoms in total. The van der Waals surface area contributed by atoms with Gasteiger partial charge in [-0.1, -0.05) is 54.1 Å². The summed E-state index contributed by atoms with van der Waals surface area (Å²) in [6, 6.07) is 24.6. The fourth-order valence-corrected chi connectivity index (χ4v) is 5.12. The van der Waals surface area contributed by atoms with E-state index in [4.69, 9.17) is 31.0 Å². The summed E-state index contributed by atoms with van der Waals surface area (Å²) in [7, 11) is 0. The van der Waals surface area contributed by atoms with E-state index >= 15 is 0 Å². The van der Waals surface area contributed by atoms with Crippen molar-refractivity contribution in [1.82, 2.24) is 9.97 Å². The lowest BCUT2D eigenvalue weighted by Crippen LogP contribution is -2.39. The third-order valence-corrected chi connectivity index (χ3v) is 7.41. The van der Waals surface area contributed by atoms with E-state index in [1.54, 1.807) is 12.1 Å². The molecule has 0 atom stereocenters. The van der Waals surface area contributed by atoms with Crippen LogP contribution in [0.3, 0.4) is 0 Å². The molecular weight excluding hydrogens is 540 g/mol. The predicted molar refractivity (Wildman–Crippen MR) is 163 cm³/mol. The van der Waals surface area contributed by atoms with Crippen molar-refractivity contribution in [3.63, 3.8) is 0 Å². The number of amides is 2. The summed E-state index contributed by atoms with van der Waals surface area (Å²) in [6.07, 6.45) is 0. The summed E-state index contributed by atoms with van der Waals surface area (Å²) in [5, 5.41) is 6.43. The number of halogens is 1. The van der Waals surface area contributed by atoms with E-state index in [0.29, 0.717) is 48.8 Å². The highest BCUT2D eigenvalue weighted by Gasteiger charge is 2.20. The third kappa shape index (κ3) is 6.59. The molecule has 0 saturated carbocycles. The van der Waals surface area contributed by atoms with Crippen LogP contribution in [0.2, 0.25) is 5.02 Å². The molecule has 3 heterocycles. The Morgan fingerprint density at radius 2 is 1.34 bits per heavy atom. The average Bonchev–Trinajstić information content (AvgIpc) is 3.03. The number of nitrogens with zero attached hydrogens (tertiary/aromatic N) is 4. The Bertz CT molecular complexity index is 1450. The number of aromatic nitrogens is 2. The number of hydrogen-bond donors (Lipinski definition) is 2. The van der Waals surface area contributed by atoms with Gasteiger partial charge in [-0.25, -0.2) is 9.78 Å². The highest BCUT2D eigenvalue weighted by molar-refractivity contribution is 6.33. The number of carbonyl (C=O) groups is 1. The van der Waals surface area contributed by atoms with Crippen LogP contribution in [0.15, 0.2) is 78.9 Å². The molecule has 10 heteroatoms. The average molecular weight is 571 g/mol.